The Bertz CT molecular complexity index is 1860. The van der Waals surface area contributed by atoms with E-state index in [2.05, 4.69) is 54.8 Å². The zero-order chi connectivity index (χ0) is 52.9. The third-order valence-electron chi connectivity index (χ3n) is 11.8. The van der Waals surface area contributed by atoms with Crippen molar-refractivity contribution >= 4 is 53.2 Å². The Kier molecular flexibility index (Phi) is 29.2. The highest BCUT2D eigenvalue weighted by atomic mass is 16.3. The van der Waals surface area contributed by atoms with Gasteiger partial charge in [-0.1, -0.05) is 83.2 Å². The largest absolute Gasteiger partial charge is 0.393 e. The van der Waals surface area contributed by atoms with Crippen molar-refractivity contribution in [3.8, 4) is 0 Å². The number of hydrogen-bond donors (Lipinski definition) is 14. The van der Waals surface area contributed by atoms with Crippen LogP contribution in [0.5, 0.6) is 0 Å². The molecular weight excluding hydrogens is 919 g/mol. The van der Waals surface area contributed by atoms with Crippen molar-refractivity contribution in [1.29, 1.82) is 0 Å². The van der Waals surface area contributed by atoms with Crippen molar-refractivity contribution in [2.75, 3.05) is 32.7 Å². The first-order chi connectivity index (χ1) is 33.9. The van der Waals surface area contributed by atoms with E-state index in [1.54, 1.807) is 30.3 Å². The number of amides is 9. The highest BCUT2D eigenvalue weighted by Crippen LogP contribution is 2.12. The number of aliphatic hydroxyl groups is 1. The Morgan fingerprint density at radius 3 is 1.72 bits per heavy atom. The Hall–Kier alpha value is -5.75. The van der Waals surface area contributed by atoms with Crippen molar-refractivity contribution in [2.24, 2.45) is 28.9 Å². The molecule has 71 heavy (non-hydrogen) atoms. The summed E-state index contributed by atoms with van der Waals surface area (Å²) in [6.45, 7) is 6.61. The van der Waals surface area contributed by atoms with Gasteiger partial charge in [-0.15, -0.1) is 0 Å². The minimum absolute atomic E-state index is 0.0434. The van der Waals surface area contributed by atoms with E-state index in [0.29, 0.717) is 12.0 Å². The predicted molar refractivity (Wildman–Crippen MR) is 267 cm³/mol. The fourth-order valence-corrected chi connectivity index (χ4v) is 7.83. The van der Waals surface area contributed by atoms with Crippen LogP contribution >= 0.6 is 0 Å². The number of unbranched alkanes of at least 4 members (excludes halogenated alkanes) is 4. The van der Waals surface area contributed by atoms with Gasteiger partial charge in [0.05, 0.1) is 12.5 Å². The Balaban J connectivity index is 2.60. The van der Waals surface area contributed by atoms with Crippen LogP contribution in [0.2, 0.25) is 0 Å². The first kappa shape index (κ1) is 61.4. The van der Waals surface area contributed by atoms with Gasteiger partial charge in [0.2, 0.25) is 53.2 Å². The second kappa shape index (κ2) is 33.8. The van der Waals surface area contributed by atoms with Crippen molar-refractivity contribution in [1.82, 2.24) is 47.9 Å². The lowest BCUT2D eigenvalue weighted by atomic mass is 10.0. The molecule has 1 aliphatic rings. The quantitative estimate of drug-likeness (QED) is 0.0493. The van der Waals surface area contributed by atoms with Crippen LogP contribution in [0.25, 0.3) is 0 Å². The minimum atomic E-state index is -1.46. The van der Waals surface area contributed by atoms with Crippen LogP contribution in [0, 0.1) is 5.92 Å². The topological polar surface area (TPSA) is 386 Å². The van der Waals surface area contributed by atoms with E-state index in [4.69, 9.17) is 22.9 Å². The lowest BCUT2D eigenvalue weighted by Crippen LogP contribution is -2.60. The molecule has 9 atom stereocenters. The maximum absolute atomic E-state index is 14.3. The van der Waals surface area contributed by atoms with Crippen LogP contribution in [0.15, 0.2) is 30.3 Å². The van der Waals surface area contributed by atoms with E-state index in [-0.39, 0.29) is 90.0 Å². The van der Waals surface area contributed by atoms with Gasteiger partial charge in [-0.2, -0.15) is 0 Å². The highest BCUT2D eigenvalue weighted by molar-refractivity contribution is 5.98. The van der Waals surface area contributed by atoms with Crippen LogP contribution in [0.1, 0.15) is 117 Å². The Labute approximate surface area is 417 Å². The summed E-state index contributed by atoms with van der Waals surface area (Å²) in [6, 6.07) is -1.65. The molecular formula is C48H83N13O10. The Morgan fingerprint density at radius 1 is 0.648 bits per heavy atom. The van der Waals surface area contributed by atoms with Gasteiger partial charge < -0.3 is 75.9 Å². The smallest absolute Gasteiger partial charge is 0.243 e. The molecule has 1 fully saturated rings. The summed E-state index contributed by atoms with van der Waals surface area (Å²) < 4.78 is 0. The lowest BCUT2D eigenvalue weighted by Gasteiger charge is -2.27. The summed E-state index contributed by atoms with van der Waals surface area (Å²) in [4.78, 5) is 124. The molecule has 0 saturated carbocycles. The first-order valence-electron chi connectivity index (χ1n) is 25.1. The van der Waals surface area contributed by atoms with E-state index in [1.807, 2.05) is 13.8 Å². The molecule has 0 unspecified atom stereocenters. The lowest BCUT2D eigenvalue weighted by molar-refractivity contribution is -0.135. The molecule has 23 heteroatoms. The van der Waals surface area contributed by atoms with Gasteiger partial charge in [0.15, 0.2) is 0 Å². The molecule has 1 aromatic carbocycles. The first-order valence-corrected chi connectivity index (χ1v) is 25.1. The fraction of sp³-hybridized carbons (Fsp3) is 0.688. The number of nitrogens with two attached hydrogens (primary N) is 4. The van der Waals surface area contributed by atoms with Crippen molar-refractivity contribution in [3.05, 3.63) is 35.9 Å². The van der Waals surface area contributed by atoms with Crippen LogP contribution < -0.4 is 70.8 Å². The van der Waals surface area contributed by atoms with Crippen LogP contribution in [0.4, 0.5) is 0 Å². The zero-order valence-electron chi connectivity index (χ0n) is 42.0. The van der Waals surface area contributed by atoms with Gasteiger partial charge >= 0.3 is 0 Å². The number of carbonyl (C=O) groups excluding carboxylic acids is 9. The normalized spacial score (nSPS) is 23.4. The standard InChI is InChI=1S/C48H83N13O10/c1-5-6-7-8-12-15-32(62)28-40(63)55-33(16-21-49)43(66)59-37-20-25-53-42(65)38(26-29(2)3)60-45(68)35(18-23-51)57-44(67)34(17-22-50)56-41(64)30(4)54-48(71)39(27-31-13-10-9-11-14-31)61-46(69)36(19-24-52)58-47(37)70/h9-11,13-14,29-30,32-39,62H,5-8,12,15-28,49-52H2,1-4H3,(H,53,65)(H,54,71)(H,55,63)(H,56,64)(H,57,67)(H,58,70)(H,59,66)(H,60,68)(H,61,69)/t30-,32+,33-,34-,35-,36-,37-,38-,39+/m0/s1. The zero-order valence-corrected chi connectivity index (χ0v) is 42.0. The molecule has 9 amide bonds. The predicted octanol–water partition coefficient (Wildman–Crippen LogP) is -2.80. The minimum Gasteiger partial charge on any atom is -0.393 e. The molecule has 1 aliphatic heterocycles. The molecule has 1 aromatic rings. The summed E-state index contributed by atoms with van der Waals surface area (Å²) in [5, 5.41) is 34.3. The van der Waals surface area contributed by atoms with Gasteiger partial charge in [0, 0.05) is 13.0 Å². The van der Waals surface area contributed by atoms with E-state index in [0.717, 1.165) is 32.1 Å². The summed E-state index contributed by atoms with van der Waals surface area (Å²) in [5.41, 5.74) is 24.0. The van der Waals surface area contributed by atoms with Crippen molar-refractivity contribution in [3.63, 3.8) is 0 Å². The van der Waals surface area contributed by atoms with Crippen molar-refractivity contribution < 1.29 is 48.3 Å². The maximum Gasteiger partial charge on any atom is 0.243 e. The molecule has 18 N–H and O–H groups in total. The van der Waals surface area contributed by atoms with Crippen LogP contribution in [-0.2, 0) is 49.6 Å². The van der Waals surface area contributed by atoms with E-state index in [1.165, 1.54) is 6.92 Å². The number of hydrogen-bond acceptors (Lipinski definition) is 14. The number of benzene rings is 1. The SMILES string of the molecule is CCCCCCC[C@@H](O)CC(=O)N[C@@H](CCN)C(=O)N[C@H]1CCNC(=O)[C@H](CC(C)C)NC(=O)[C@H](CCN)NC(=O)[C@H](CCN)NC(=O)[C@H](C)NC(=O)[C@@H](Cc2ccccc2)NC(=O)[C@H](CCN)NC1=O. The highest BCUT2D eigenvalue weighted by Gasteiger charge is 2.35. The number of nitrogens with one attached hydrogen (secondary N) is 9. The fourth-order valence-electron chi connectivity index (χ4n) is 7.83. The van der Waals surface area contributed by atoms with Crippen LogP contribution in [-0.4, -0.2) is 145 Å². The molecule has 2 rings (SSSR count). The third-order valence-corrected chi connectivity index (χ3v) is 11.8. The third kappa shape index (κ3) is 23.4. The maximum atomic E-state index is 14.3. The summed E-state index contributed by atoms with van der Waals surface area (Å²) in [5.74, 6) is -7.01. The number of carbonyl (C=O) groups is 9. The molecule has 1 heterocycles. The second-order valence-corrected chi connectivity index (χ2v) is 18.5. The molecule has 0 aliphatic carbocycles. The van der Waals surface area contributed by atoms with E-state index >= 15 is 0 Å². The summed E-state index contributed by atoms with van der Waals surface area (Å²) in [6.07, 6.45) is 3.49. The number of aliphatic hydroxyl groups excluding tert-OH is 1. The molecule has 400 valence electrons. The molecule has 0 bridgehead atoms. The summed E-state index contributed by atoms with van der Waals surface area (Å²) >= 11 is 0. The Morgan fingerprint density at radius 2 is 1.17 bits per heavy atom. The molecule has 23 nitrogen and oxygen atoms in total. The van der Waals surface area contributed by atoms with Gasteiger partial charge in [0.1, 0.15) is 48.3 Å². The van der Waals surface area contributed by atoms with Gasteiger partial charge in [-0.05, 0) is 89.5 Å². The van der Waals surface area contributed by atoms with E-state index < -0.39 is 108 Å². The van der Waals surface area contributed by atoms with Gasteiger partial charge in [-0.3, -0.25) is 43.2 Å². The molecule has 1 saturated heterocycles. The van der Waals surface area contributed by atoms with Gasteiger partial charge in [-0.25, -0.2) is 0 Å². The number of rotatable bonds is 23. The van der Waals surface area contributed by atoms with Crippen molar-refractivity contribution in [2.45, 2.75) is 172 Å². The van der Waals surface area contributed by atoms with Gasteiger partial charge in [0.25, 0.3) is 0 Å². The molecule has 0 radical (unpaired) electrons. The van der Waals surface area contributed by atoms with Crippen LogP contribution in [0.3, 0.4) is 0 Å². The average Bonchev–Trinajstić information content (AvgIpc) is 3.32. The molecule has 0 spiro atoms. The van der Waals surface area contributed by atoms with E-state index in [9.17, 15) is 48.3 Å². The average molecular weight is 1000 g/mol. The monoisotopic (exact) mass is 1000 g/mol. The molecule has 0 aromatic heterocycles. The second-order valence-electron chi connectivity index (χ2n) is 18.5. The summed E-state index contributed by atoms with van der Waals surface area (Å²) in [7, 11) is 0.